The van der Waals surface area contributed by atoms with Gasteiger partial charge in [-0.25, -0.2) is 4.79 Å². The monoisotopic (exact) mass is 603 g/mol. The fraction of sp³-hybridized carbons (Fsp3) is 0.722. The summed E-state index contributed by atoms with van der Waals surface area (Å²) < 4.78 is 44.6. The quantitative estimate of drug-likeness (QED) is 0.123. The standard InChI is InChI=1S/C18H29N3O16P2/c1-7(23)19-12-10(35-8(4-22)13(25)15(12)27)6-38(30,31)37-39(32,33)34-5-9-14(26)16(28)17(36-9)21-3-2-11(24)20-18(21)29/h2-3,8-10,12-17,22,25-28H,4-6H2,1H3,(H,19,23)(H,30,31)(H,32,33)(H,20,24,29)/p-2/t8?,9-,10-,12?,13-,14?,15?,16?,17-/m1/s1. The van der Waals surface area contributed by atoms with Crippen LogP contribution in [0.2, 0.25) is 0 Å². The smallest absolute Gasteiger partial charge is 0.330 e. The summed E-state index contributed by atoms with van der Waals surface area (Å²) in [6, 6.07) is -0.608. The Kier molecular flexibility index (Phi) is 10.0. The molecule has 0 aliphatic carbocycles. The summed E-state index contributed by atoms with van der Waals surface area (Å²) >= 11 is 0. The van der Waals surface area contributed by atoms with Crippen LogP contribution in [0.25, 0.3) is 0 Å². The second kappa shape index (κ2) is 12.4. The summed E-state index contributed by atoms with van der Waals surface area (Å²) in [5.41, 5.74) is -1.76. The molecule has 0 aromatic carbocycles. The van der Waals surface area contributed by atoms with E-state index in [0.29, 0.717) is 0 Å². The lowest BCUT2D eigenvalue weighted by Gasteiger charge is -2.44. The molecule has 2 aliphatic heterocycles. The molecule has 222 valence electrons. The van der Waals surface area contributed by atoms with E-state index in [2.05, 4.69) is 14.2 Å². The van der Waals surface area contributed by atoms with Gasteiger partial charge in [0.2, 0.25) is 5.91 Å². The molecule has 0 bridgehead atoms. The van der Waals surface area contributed by atoms with Gasteiger partial charge in [0.1, 0.15) is 44.2 Å². The van der Waals surface area contributed by atoms with Gasteiger partial charge in [0.05, 0.1) is 25.4 Å². The van der Waals surface area contributed by atoms with Crippen molar-refractivity contribution in [1.29, 1.82) is 0 Å². The molecule has 2 fully saturated rings. The number of aromatic nitrogens is 2. The molecule has 1 aromatic heterocycles. The first-order valence-electron chi connectivity index (χ1n) is 11.2. The predicted octanol–water partition coefficient (Wildman–Crippen LogP) is -5.80. The van der Waals surface area contributed by atoms with E-state index in [-0.39, 0.29) is 0 Å². The van der Waals surface area contributed by atoms with Crippen LogP contribution < -0.4 is 26.4 Å². The summed E-state index contributed by atoms with van der Waals surface area (Å²) in [7, 11) is -11.1. The Morgan fingerprint density at radius 1 is 1.08 bits per heavy atom. The molecule has 0 radical (unpaired) electrons. The molecule has 1 aromatic rings. The van der Waals surface area contributed by atoms with E-state index >= 15 is 0 Å². The van der Waals surface area contributed by atoms with Gasteiger partial charge in [0.25, 0.3) is 13.4 Å². The highest BCUT2D eigenvalue weighted by atomic mass is 31.3. The summed E-state index contributed by atoms with van der Waals surface area (Å²) in [6.07, 6.45) is -13.7. The number of aromatic amines is 1. The van der Waals surface area contributed by atoms with Crippen molar-refractivity contribution in [2.24, 2.45) is 0 Å². The molecule has 1 amide bonds. The molecule has 39 heavy (non-hydrogen) atoms. The molecule has 0 saturated carbocycles. The number of phosphoric acid groups is 1. The number of nitrogens with zero attached hydrogens (tertiary/aromatic N) is 1. The van der Waals surface area contributed by atoms with Crippen molar-refractivity contribution in [2.75, 3.05) is 19.4 Å². The number of phosphoric ester groups is 1. The second-order valence-electron chi connectivity index (χ2n) is 8.78. The molecule has 2 saturated heterocycles. The number of nitrogens with one attached hydrogen (secondary N) is 2. The third kappa shape index (κ3) is 7.68. The number of amides is 1. The molecule has 2 aliphatic rings. The van der Waals surface area contributed by atoms with Crippen molar-refractivity contribution in [3.05, 3.63) is 33.1 Å². The number of carbonyl (C=O) groups excluding carboxylic acids is 1. The molecule has 11 atom stereocenters. The van der Waals surface area contributed by atoms with Crippen molar-refractivity contribution in [2.45, 2.75) is 61.9 Å². The minimum Gasteiger partial charge on any atom is -0.778 e. The van der Waals surface area contributed by atoms with Gasteiger partial charge in [0, 0.05) is 25.3 Å². The maximum Gasteiger partial charge on any atom is 0.330 e. The van der Waals surface area contributed by atoms with Gasteiger partial charge in [-0.15, -0.1) is 0 Å². The van der Waals surface area contributed by atoms with Crippen LogP contribution >= 0.6 is 15.4 Å². The van der Waals surface area contributed by atoms with Crippen LogP contribution in [0.5, 0.6) is 0 Å². The highest BCUT2D eigenvalue weighted by Crippen LogP contribution is 2.56. The van der Waals surface area contributed by atoms with E-state index in [1.165, 1.54) is 0 Å². The average molecular weight is 603 g/mol. The molecule has 7 unspecified atom stereocenters. The zero-order valence-electron chi connectivity index (χ0n) is 20.0. The van der Waals surface area contributed by atoms with Crippen molar-refractivity contribution in [3.63, 3.8) is 0 Å². The third-order valence-electron chi connectivity index (χ3n) is 5.89. The lowest BCUT2D eigenvalue weighted by Crippen LogP contribution is -2.64. The minimum absolute atomic E-state index is 0.717. The van der Waals surface area contributed by atoms with Gasteiger partial charge in [-0.1, -0.05) is 0 Å². The van der Waals surface area contributed by atoms with Crippen LogP contribution in [0.15, 0.2) is 21.9 Å². The van der Waals surface area contributed by atoms with Crippen LogP contribution in [0.1, 0.15) is 13.2 Å². The van der Waals surface area contributed by atoms with E-state index in [1.54, 1.807) is 0 Å². The van der Waals surface area contributed by atoms with Crippen LogP contribution in [-0.4, -0.2) is 109 Å². The van der Waals surface area contributed by atoms with E-state index in [4.69, 9.17) is 9.47 Å². The fourth-order valence-corrected chi connectivity index (χ4v) is 6.84. The van der Waals surface area contributed by atoms with E-state index < -0.39 is 107 Å². The Morgan fingerprint density at radius 3 is 2.31 bits per heavy atom. The Morgan fingerprint density at radius 2 is 1.72 bits per heavy atom. The van der Waals surface area contributed by atoms with Crippen molar-refractivity contribution in [1.82, 2.24) is 14.9 Å². The highest BCUT2D eigenvalue weighted by molar-refractivity contribution is 7.62. The molecule has 21 heteroatoms. The Bertz CT molecular complexity index is 1240. The third-order valence-corrected chi connectivity index (χ3v) is 8.95. The normalized spacial score (nSPS) is 36.2. The lowest BCUT2D eigenvalue weighted by molar-refractivity contribution is -0.236. The molecular formula is C18H27N3O16P2-2. The second-order valence-corrected chi connectivity index (χ2v) is 12.2. The molecule has 7 N–H and O–H groups in total. The van der Waals surface area contributed by atoms with Crippen molar-refractivity contribution in [3.8, 4) is 0 Å². The van der Waals surface area contributed by atoms with Gasteiger partial charge in [0.15, 0.2) is 6.23 Å². The number of ether oxygens (including phenoxy) is 2. The molecule has 3 rings (SSSR count). The first-order valence-corrected chi connectivity index (χ1v) is 14.4. The zero-order valence-corrected chi connectivity index (χ0v) is 21.8. The van der Waals surface area contributed by atoms with E-state index in [9.17, 15) is 58.8 Å². The van der Waals surface area contributed by atoms with Crippen molar-refractivity contribution < 1.29 is 67.6 Å². The first kappa shape index (κ1) is 31.7. The lowest BCUT2D eigenvalue weighted by atomic mass is 9.93. The van der Waals surface area contributed by atoms with Gasteiger partial charge < -0.3 is 59.2 Å². The summed E-state index contributed by atoms with van der Waals surface area (Å²) in [4.78, 5) is 61.3. The fourth-order valence-electron chi connectivity index (χ4n) is 4.08. The number of aliphatic hydroxyl groups excluding tert-OH is 5. The summed E-state index contributed by atoms with van der Waals surface area (Å²) in [5, 5.41) is 52.1. The molecule has 19 nitrogen and oxygen atoms in total. The van der Waals surface area contributed by atoms with E-state index in [0.717, 1.165) is 23.8 Å². The number of hydrogen-bond acceptors (Lipinski definition) is 16. The van der Waals surface area contributed by atoms with Crippen LogP contribution in [0, 0.1) is 0 Å². The SMILES string of the molecule is CC(=O)NC1C(O)[C@H](O)C(CO)O[C@@H]1CP(=O)([O-])OP(=O)([O-])OC[C@H]1O[C@@H](n2ccc(=O)[nH]c2=O)C(O)C1O. The van der Waals surface area contributed by atoms with Gasteiger partial charge in [-0.3, -0.25) is 28.0 Å². The number of carbonyl (C=O) groups is 1. The Labute approximate surface area is 218 Å². The topological polar surface area (TPSA) is 302 Å². The molecule has 0 spiro atoms. The molecular weight excluding hydrogens is 576 g/mol. The average Bonchev–Trinajstić information content (AvgIpc) is 3.10. The van der Waals surface area contributed by atoms with Crippen LogP contribution in [-0.2, 0) is 32.2 Å². The van der Waals surface area contributed by atoms with E-state index in [1.807, 2.05) is 4.98 Å². The van der Waals surface area contributed by atoms with Gasteiger partial charge >= 0.3 is 5.69 Å². The number of aliphatic hydroxyl groups is 5. The molecule has 3 heterocycles. The zero-order chi connectivity index (χ0) is 29.3. The first-order chi connectivity index (χ1) is 18.0. The Balaban J connectivity index is 1.66. The van der Waals surface area contributed by atoms with Gasteiger partial charge in [-0.05, 0) is 0 Å². The highest BCUT2D eigenvalue weighted by Gasteiger charge is 2.47. The number of hydrogen-bond donors (Lipinski definition) is 7. The van der Waals surface area contributed by atoms with Crippen LogP contribution in [0.4, 0.5) is 0 Å². The van der Waals surface area contributed by atoms with Crippen LogP contribution in [0.3, 0.4) is 0 Å². The number of rotatable bonds is 10. The Hall–Kier alpha value is -1.83. The van der Waals surface area contributed by atoms with Gasteiger partial charge in [-0.2, -0.15) is 0 Å². The number of H-pyrrole nitrogens is 1. The minimum atomic E-state index is -5.70. The largest absolute Gasteiger partial charge is 0.778 e. The summed E-state index contributed by atoms with van der Waals surface area (Å²) in [5.74, 6) is -0.749. The van der Waals surface area contributed by atoms with Crippen molar-refractivity contribution >= 4 is 21.3 Å². The maximum absolute atomic E-state index is 12.5. The predicted molar refractivity (Wildman–Crippen MR) is 120 cm³/mol. The summed E-state index contributed by atoms with van der Waals surface area (Å²) in [6.45, 7) is -0.897. The maximum atomic E-state index is 12.5.